The number of hydrogen-bond donors (Lipinski definition) is 2. The normalized spacial score (nSPS) is 10.3. The number of hydrogen-bond acceptors (Lipinski definition) is 8. The van der Waals surface area contributed by atoms with Crippen LogP contribution >= 0.6 is 0 Å². The molecule has 164 valence electrons. The quantitative estimate of drug-likeness (QED) is 0.225. The molecule has 0 aliphatic carbocycles. The maximum Gasteiger partial charge on any atom is 0.339 e. The van der Waals surface area contributed by atoms with Crippen LogP contribution in [-0.2, 0) is 16.1 Å². The van der Waals surface area contributed by atoms with E-state index in [0.717, 1.165) is 6.07 Å². The fourth-order valence-corrected chi connectivity index (χ4v) is 2.91. The molecule has 2 N–H and O–H groups in total. The number of furan rings is 1. The molecule has 0 fully saturated rings. The molecule has 1 aromatic heterocycles. The summed E-state index contributed by atoms with van der Waals surface area (Å²) in [7, 11) is 1.53. The summed E-state index contributed by atoms with van der Waals surface area (Å²) in [5, 5.41) is 16.5. The smallest absolute Gasteiger partial charge is 0.339 e. The minimum Gasteiger partial charge on any atom is -0.467 e. The minimum absolute atomic E-state index is 0.000000619. The number of nitrogens with zero attached hydrogens (tertiary/aromatic N) is 1. The number of nitrogens with one attached hydrogen (secondary N) is 2. The Bertz CT molecular complexity index is 1160. The molecule has 10 nitrogen and oxygen atoms in total. The average molecular weight is 437 g/mol. The summed E-state index contributed by atoms with van der Waals surface area (Å²) in [4.78, 5) is 48.1. The van der Waals surface area contributed by atoms with E-state index >= 15 is 0 Å². The molecule has 32 heavy (non-hydrogen) atoms. The number of rotatable bonds is 9. The molecule has 0 unspecified atom stereocenters. The summed E-state index contributed by atoms with van der Waals surface area (Å²) < 4.78 is 10.1. The van der Waals surface area contributed by atoms with Gasteiger partial charge in [0.05, 0.1) is 23.3 Å². The number of esters is 1. The Morgan fingerprint density at radius 1 is 1.06 bits per heavy atom. The Balaban J connectivity index is 1.73. The summed E-state index contributed by atoms with van der Waals surface area (Å²) in [6.07, 6.45) is 1.47. The molecular weight excluding hydrogens is 418 g/mol. The van der Waals surface area contributed by atoms with Gasteiger partial charge in [-0.1, -0.05) is 18.2 Å². The lowest BCUT2D eigenvalue weighted by molar-refractivity contribution is -0.384. The Kier molecular flexibility index (Phi) is 6.96. The molecule has 0 spiro atoms. The summed E-state index contributed by atoms with van der Waals surface area (Å²) in [6, 6.07) is 13.2. The molecule has 3 rings (SSSR count). The van der Waals surface area contributed by atoms with Crippen molar-refractivity contribution in [3.05, 3.63) is 93.4 Å². The van der Waals surface area contributed by atoms with Crippen LogP contribution in [0.15, 0.2) is 65.3 Å². The zero-order valence-corrected chi connectivity index (χ0v) is 17.0. The molecule has 0 saturated carbocycles. The second-order valence-electron chi connectivity index (χ2n) is 6.55. The lowest BCUT2D eigenvalue weighted by atomic mass is 9.97. The number of nitro groups is 1. The number of ether oxygens (including phenoxy) is 1. The number of ketones is 1. The van der Waals surface area contributed by atoms with Gasteiger partial charge in [0, 0.05) is 24.2 Å². The fraction of sp³-hybridized carbons (Fsp3) is 0.136. The number of carbonyl (C=O) groups is 3. The van der Waals surface area contributed by atoms with Crippen molar-refractivity contribution in [3.63, 3.8) is 0 Å². The molecule has 3 aromatic rings. The van der Waals surface area contributed by atoms with E-state index in [1.54, 1.807) is 18.2 Å². The van der Waals surface area contributed by atoms with Gasteiger partial charge in [-0.05, 0) is 30.3 Å². The van der Waals surface area contributed by atoms with Crippen molar-refractivity contribution in [3.8, 4) is 0 Å². The zero-order chi connectivity index (χ0) is 23.1. The first-order valence-electron chi connectivity index (χ1n) is 9.47. The van der Waals surface area contributed by atoms with Crippen molar-refractivity contribution in [1.82, 2.24) is 5.32 Å². The van der Waals surface area contributed by atoms with Crippen molar-refractivity contribution >= 4 is 29.0 Å². The summed E-state index contributed by atoms with van der Waals surface area (Å²) in [5.41, 5.74) is -0.0461. The highest BCUT2D eigenvalue weighted by Gasteiger charge is 2.22. The van der Waals surface area contributed by atoms with Crippen LogP contribution in [0, 0.1) is 10.1 Å². The highest BCUT2D eigenvalue weighted by molar-refractivity contribution is 6.15. The molecule has 0 bridgehead atoms. The third-order valence-corrected chi connectivity index (χ3v) is 4.49. The highest BCUT2D eigenvalue weighted by atomic mass is 16.6. The molecule has 2 aromatic carbocycles. The monoisotopic (exact) mass is 437 g/mol. The Labute approximate surface area is 182 Å². The van der Waals surface area contributed by atoms with E-state index in [-0.39, 0.29) is 34.6 Å². The predicted molar refractivity (Wildman–Crippen MR) is 113 cm³/mol. The molecule has 1 amide bonds. The van der Waals surface area contributed by atoms with Gasteiger partial charge in [0.2, 0.25) is 0 Å². The standard InChI is InChI=1S/C22H19N3O7/c1-23-18-9-8-14(11-19(18)25(29)30)21(27)16-6-2-3-7-17(16)22(28)32-13-20(26)24-12-15-5-4-10-31-15/h2-11,23H,12-13H2,1H3,(H,24,26). The van der Waals surface area contributed by atoms with Crippen LogP contribution in [0.25, 0.3) is 0 Å². The van der Waals surface area contributed by atoms with E-state index in [1.165, 1.54) is 43.6 Å². The third-order valence-electron chi connectivity index (χ3n) is 4.49. The Hall–Kier alpha value is -4.47. The van der Waals surface area contributed by atoms with Crippen molar-refractivity contribution in [1.29, 1.82) is 0 Å². The third kappa shape index (κ3) is 5.17. The van der Waals surface area contributed by atoms with Gasteiger partial charge >= 0.3 is 5.97 Å². The van der Waals surface area contributed by atoms with Gasteiger partial charge in [-0.2, -0.15) is 0 Å². The largest absolute Gasteiger partial charge is 0.467 e. The van der Waals surface area contributed by atoms with E-state index in [1.807, 2.05) is 0 Å². The molecular formula is C22H19N3O7. The van der Waals surface area contributed by atoms with Crippen LogP contribution in [0.2, 0.25) is 0 Å². The fourth-order valence-electron chi connectivity index (χ4n) is 2.91. The van der Waals surface area contributed by atoms with Crippen LogP contribution in [-0.4, -0.2) is 36.2 Å². The first-order valence-corrected chi connectivity index (χ1v) is 9.47. The summed E-state index contributed by atoms with van der Waals surface area (Å²) >= 11 is 0. The van der Waals surface area contributed by atoms with Crippen molar-refractivity contribution < 1.29 is 28.5 Å². The first-order chi connectivity index (χ1) is 15.4. The molecule has 0 aliphatic rings. The van der Waals surface area contributed by atoms with Crippen LogP contribution in [0.1, 0.15) is 32.0 Å². The summed E-state index contributed by atoms with van der Waals surface area (Å²) in [5.74, 6) is -1.47. The Morgan fingerprint density at radius 3 is 2.47 bits per heavy atom. The van der Waals surface area contributed by atoms with Gasteiger partial charge in [0.25, 0.3) is 11.6 Å². The zero-order valence-electron chi connectivity index (χ0n) is 17.0. The molecule has 0 atom stereocenters. The van der Waals surface area contributed by atoms with E-state index in [4.69, 9.17) is 9.15 Å². The lowest BCUT2D eigenvalue weighted by Crippen LogP contribution is -2.28. The van der Waals surface area contributed by atoms with Gasteiger partial charge in [-0.15, -0.1) is 0 Å². The SMILES string of the molecule is CNc1ccc(C(=O)c2ccccc2C(=O)OCC(=O)NCc2ccco2)cc1[N+](=O)[O-]. The summed E-state index contributed by atoms with van der Waals surface area (Å²) in [6.45, 7) is -0.412. The van der Waals surface area contributed by atoms with E-state index in [9.17, 15) is 24.5 Å². The van der Waals surface area contributed by atoms with Crippen LogP contribution in [0.3, 0.4) is 0 Å². The second-order valence-corrected chi connectivity index (χ2v) is 6.55. The molecule has 0 saturated heterocycles. The maximum atomic E-state index is 13.0. The van der Waals surface area contributed by atoms with Gasteiger partial charge in [0.1, 0.15) is 11.4 Å². The molecule has 0 aliphatic heterocycles. The van der Waals surface area contributed by atoms with Crippen LogP contribution in [0.5, 0.6) is 0 Å². The topological polar surface area (TPSA) is 141 Å². The van der Waals surface area contributed by atoms with Crippen LogP contribution < -0.4 is 10.6 Å². The van der Waals surface area contributed by atoms with Crippen molar-refractivity contribution in [2.24, 2.45) is 0 Å². The first kappa shape index (κ1) is 22.2. The number of carbonyl (C=O) groups excluding carboxylic acids is 3. The second kappa shape index (κ2) is 10.0. The number of benzene rings is 2. The number of anilines is 1. The molecule has 1 heterocycles. The Morgan fingerprint density at radius 2 is 1.81 bits per heavy atom. The van der Waals surface area contributed by atoms with Gasteiger partial charge < -0.3 is 19.8 Å². The average Bonchev–Trinajstić information content (AvgIpc) is 3.34. The lowest BCUT2D eigenvalue weighted by Gasteiger charge is -2.10. The van der Waals surface area contributed by atoms with Crippen molar-refractivity contribution in [2.75, 3.05) is 19.0 Å². The van der Waals surface area contributed by atoms with E-state index in [2.05, 4.69) is 10.6 Å². The predicted octanol–water partition coefficient (Wildman–Crippen LogP) is 2.93. The van der Waals surface area contributed by atoms with Gasteiger partial charge in [-0.3, -0.25) is 19.7 Å². The van der Waals surface area contributed by atoms with Gasteiger partial charge in [-0.25, -0.2) is 4.79 Å². The van der Waals surface area contributed by atoms with Crippen molar-refractivity contribution in [2.45, 2.75) is 6.54 Å². The van der Waals surface area contributed by atoms with E-state index < -0.39 is 29.2 Å². The van der Waals surface area contributed by atoms with E-state index in [0.29, 0.717) is 5.76 Å². The highest BCUT2D eigenvalue weighted by Crippen LogP contribution is 2.27. The number of amides is 1. The maximum absolute atomic E-state index is 13.0. The molecule has 0 radical (unpaired) electrons. The minimum atomic E-state index is -0.872. The van der Waals surface area contributed by atoms with Gasteiger partial charge in [0.15, 0.2) is 12.4 Å². The number of nitro benzene ring substituents is 1. The molecule has 10 heteroatoms. The van der Waals surface area contributed by atoms with Crippen LogP contribution in [0.4, 0.5) is 11.4 Å².